The van der Waals surface area contributed by atoms with Crippen LogP contribution in [-0.2, 0) is 11.1 Å². The number of nitrogens with zero attached hydrogens (tertiary/aromatic N) is 2. The van der Waals surface area contributed by atoms with Crippen molar-refractivity contribution in [2.45, 2.75) is 93.9 Å². The van der Waals surface area contributed by atoms with Crippen LogP contribution in [0.4, 0.5) is 0 Å². The molecule has 0 saturated carbocycles. The Bertz CT molecular complexity index is 1430. The Hall–Kier alpha value is -2.71. The minimum atomic E-state index is -3.75. The third-order valence-electron chi connectivity index (χ3n) is 12.9. The van der Waals surface area contributed by atoms with Crippen LogP contribution in [0.1, 0.15) is 78.2 Å². The fourth-order valence-corrected chi connectivity index (χ4v) is 39.2. The van der Waals surface area contributed by atoms with Crippen molar-refractivity contribution in [1.29, 1.82) is 0 Å². The van der Waals surface area contributed by atoms with Crippen molar-refractivity contribution in [1.82, 2.24) is 19.9 Å². The molecule has 4 nitrogen and oxygen atoms in total. The fraction of sp³-hybridized carbons (Fsp3) is 0.444. The summed E-state index contributed by atoms with van der Waals surface area (Å²) in [5.41, 5.74) is 7.86. The zero-order valence-corrected chi connectivity index (χ0v) is 29.1. The molecule has 3 aromatic rings. The number of H-pyrrole nitrogens is 2. The molecule has 0 atom stereocenters. The molecule has 0 radical (unpaired) electrons. The van der Waals surface area contributed by atoms with Gasteiger partial charge in [0.25, 0.3) is 0 Å². The van der Waals surface area contributed by atoms with Gasteiger partial charge in [0.05, 0.1) is 22.8 Å². The van der Waals surface area contributed by atoms with E-state index in [1.165, 1.54) is 38.5 Å². The van der Waals surface area contributed by atoms with Crippen molar-refractivity contribution >= 4 is 46.4 Å². The number of hydrogen-bond donors (Lipinski definition) is 2. The van der Waals surface area contributed by atoms with Gasteiger partial charge in [0.2, 0.25) is 0 Å². The van der Waals surface area contributed by atoms with Crippen LogP contribution >= 0.6 is 0 Å². The molecule has 41 heavy (non-hydrogen) atoms. The van der Waals surface area contributed by atoms with Crippen LogP contribution in [-0.4, -0.2) is 19.9 Å². The van der Waals surface area contributed by atoms with E-state index in [2.05, 4.69) is 99.6 Å². The van der Waals surface area contributed by atoms with Gasteiger partial charge in [-0.25, -0.2) is 9.97 Å². The molecule has 5 heteroatoms. The summed E-state index contributed by atoms with van der Waals surface area (Å²) >= 11 is -3.75. The van der Waals surface area contributed by atoms with Crippen molar-refractivity contribution in [3.63, 3.8) is 0 Å². The molecule has 8 bridgehead atoms. The first kappa shape index (κ1) is 31.2. The van der Waals surface area contributed by atoms with E-state index in [0.29, 0.717) is 0 Å². The SMILES string of the molecule is C1=Cc2cc3ccc(cc4nc(cc5ccc(cc1n2)[nH]5)C=C4)[nH]3.C[CH2][Pt]([CH2]C)([CH2]C)([CH2]C)([CH2]C)([CH2]C)([CH2]C)[CH2]C. The van der Waals surface area contributed by atoms with Gasteiger partial charge in [0.1, 0.15) is 0 Å². The van der Waals surface area contributed by atoms with Gasteiger partial charge in [0, 0.05) is 22.1 Å². The zero-order chi connectivity index (χ0) is 29.9. The van der Waals surface area contributed by atoms with Gasteiger partial charge in [-0.2, -0.15) is 0 Å². The van der Waals surface area contributed by atoms with Crippen molar-refractivity contribution in [3.8, 4) is 0 Å². The topological polar surface area (TPSA) is 57.4 Å². The predicted molar refractivity (Wildman–Crippen MR) is 183 cm³/mol. The second kappa shape index (κ2) is 9.14. The Kier molecular flexibility index (Phi) is 6.96. The number of rotatable bonds is 8. The van der Waals surface area contributed by atoms with E-state index in [1.54, 1.807) is 0 Å². The number of aromatic amines is 2. The molecule has 2 aliphatic heterocycles. The molecular formula is C36H54N4Pt. The van der Waals surface area contributed by atoms with E-state index in [-0.39, 0.29) is 0 Å². The Morgan fingerprint density at radius 2 is 0.634 bits per heavy atom. The first-order valence-electron chi connectivity index (χ1n) is 15.3. The van der Waals surface area contributed by atoms with Crippen LogP contribution in [0.25, 0.3) is 46.4 Å². The molecule has 0 aliphatic carbocycles. The van der Waals surface area contributed by atoms with Crippen LogP contribution in [0.15, 0.2) is 48.5 Å². The normalized spacial score (nSPS) is 16.6. The Morgan fingerprint density at radius 3 is 0.805 bits per heavy atom. The molecular weight excluding hydrogens is 684 g/mol. The molecule has 0 spiro atoms. The molecule has 0 saturated heterocycles. The zero-order valence-electron chi connectivity index (χ0n) is 26.8. The summed E-state index contributed by atoms with van der Waals surface area (Å²) in [5.74, 6) is 0. The third kappa shape index (κ3) is 4.19. The molecule has 5 heterocycles. The predicted octanol–water partition coefficient (Wildman–Crippen LogP) is 12.4. The molecule has 2 aliphatic rings. The van der Waals surface area contributed by atoms with Crippen molar-refractivity contribution in [3.05, 3.63) is 71.3 Å². The van der Waals surface area contributed by atoms with Crippen LogP contribution in [0, 0.1) is 0 Å². The quantitative estimate of drug-likeness (QED) is 0.167. The molecule has 0 fully saturated rings. The monoisotopic (exact) mass is 737 g/mol. The maximum atomic E-state index is 4.63. The maximum absolute atomic E-state index is 4.63. The van der Waals surface area contributed by atoms with Gasteiger partial charge in [-0.05, 0) is 72.8 Å². The summed E-state index contributed by atoms with van der Waals surface area (Å²) < 4.78 is 0. The first-order chi connectivity index (χ1) is 19.5. The summed E-state index contributed by atoms with van der Waals surface area (Å²) in [5, 5.41) is 0. The summed E-state index contributed by atoms with van der Waals surface area (Å²) in [6.07, 6.45) is 8.09. The van der Waals surface area contributed by atoms with Gasteiger partial charge < -0.3 is 9.97 Å². The fourth-order valence-electron chi connectivity index (χ4n) is 7.37. The van der Waals surface area contributed by atoms with Crippen LogP contribution < -0.4 is 0 Å². The first-order valence-corrected chi connectivity index (χ1v) is 28.1. The van der Waals surface area contributed by atoms with E-state index < -0.39 is 11.1 Å². The molecule has 3 aromatic heterocycles. The average Bonchev–Trinajstić information content (AvgIpc) is 3.85. The summed E-state index contributed by atoms with van der Waals surface area (Å²) in [7, 11) is 0. The van der Waals surface area contributed by atoms with Gasteiger partial charge in [-0.3, -0.25) is 0 Å². The molecule has 0 aromatic carbocycles. The van der Waals surface area contributed by atoms with Gasteiger partial charge in [-0.15, -0.1) is 0 Å². The Morgan fingerprint density at radius 1 is 0.415 bits per heavy atom. The standard InChI is InChI=1S/C20H14N4.8C2H5.Pt/c1-2-14-10-16-5-6-18(23-16)12-20-8-7-19(24-20)11-17-4-3-15(22-17)9-13(1)21-14;8*1-2;/h1-12,21,24H;8*1H2,2H3;. The van der Waals surface area contributed by atoms with Crippen LogP contribution in [0.2, 0.25) is 38.5 Å². The molecule has 0 amide bonds. The summed E-state index contributed by atoms with van der Waals surface area (Å²) in [6, 6.07) is 16.4. The molecule has 0 unspecified atom stereocenters. The molecule has 2 N–H and O–H groups in total. The average molecular weight is 738 g/mol. The van der Waals surface area contributed by atoms with Crippen molar-refractivity contribution < 1.29 is 11.1 Å². The van der Waals surface area contributed by atoms with Crippen LogP contribution in [0.3, 0.4) is 0 Å². The van der Waals surface area contributed by atoms with E-state index in [1.807, 2.05) is 48.6 Å². The van der Waals surface area contributed by atoms with Crippen LogP contribution in [0.5, 0.6) is 0 Å². The molecule has 228 valence electrons. The number of hydrogen-bond acceptors (Lipinski definition) is 2. The van der Waals surface area contributed by atoms with Gasteiger partial charge >= 0.3 is 105 Å². The Labute approximate surface area is 241 Å². The van der Waals surface area contributed by atoms with Crippen molar-refractivity contribution in [2.75, 3.05) is 0 Å². The summed E-state index contributed by atoms with van der Waals surface area (Å²) in [4.78, 5) is 27.7. The second-order valence-electron chi connectivity index (χ2n) is 12.1. The third-order valence-corrected chi connectivity index (χ3v) is 76.5. The van der Waals surface area contributed by atoms with E-state index in [4.69, 9.17) is 0 Å². The van der Waals surface area contributed by atoms with Gasteiger partial charge in [0.15, 0.2) is 0 Å². The molecule has 5 rings (SSSR count). The summed E-state index contributed by atoms with van der Waals surface area (Å²) in [6.45, 7) is 20.3. The number of fused-ring (bicyclic) bond motifs is 8. The van der Waals surface area contributed by atoms with E-state index in [9.17, 15) is 0 Å². The Balaban J connectivity index is 0.000000204. The van der Waals surface area contributed by atoms with Gasteiger partial charge in [-0.1, -0.05) is 0 Å². The number of aromatic nitrogens is 4. The van der Waals surface area contributed by atoms with Crippen molar-refractivity contribution in [2.24, 2.45) is 0 Å². The van der Waals surface area contributed by atoms with E-state index >= 15 is 0 Å². The van der Waals surface area contributed by atoms with E-state index in [0.717, 1.165) is 44.8 Å². The second-order valence-corrected chi connectivity index (χ2v) is 56.8. The number of nitrogens with one attached hydrogen (secondary N) is 2. The minimum absolute atomic E-state index is 0.939.